The van der Waals surface area contributed by atoms with Crippen molar-refractivity contribution in [2.24, 2.45) is 0 Å². The minimum Gasteiger partial charge on any atom is -0.445 e. The van der Waals surface area contributed by atoms with Crippen LogP contribution in [0.2, 0.25) is 0 Å². The number of carbonyl (C=O) groups is 2. The number of benzene rings is 2. The molecule has 2 aromatic carbocycles. The van der Waals surface area contributed by atoms with E-state index in [2.05, 4.69) is 36.8 Å². The fraction of sp³-hybridized carbons (Fsp3) is 0.250. The van der Waals surface area contributed by atoms with E-state index in [1.807, 2.05) is 61.5 Å². The van der Waals surface area contributed by atoms with Gasteiger partial charge < -0.3 is 10.1 Å². The van der Waals surface area contributed by atoms with Crippen molar-refractivity contribution in [3.05, 3.63) is 64.6 Å². The molecule has 0 saturated carbocycles. The third kappa shape index (κ3) is 6.39. The molecule has 3 aromatic rings. The molecule has 3 rings (SSSR count). The van der Waals surface area contributed by atoms with Gasteiger partial charge in [-0.25, -0.2) is 9.48 Å². The third-order valence-electron chi connectivity index (χ3n) is 4.13. The Balaban J connectivity index is 1.55. The quantitative estimate of drug-likeness (QED) is 0.486. The number of nitrogens with one attached hydrogen (secondary N) is 1. The molecule has 1 amide bonds. The van der Waals surface area contributed by atoms with Crippen LogP contribution in [-0.4, -0.2) is 38.1 Å². The SMILES string of the molecule is CCC(NC(=O)OCc1ccccc1)C(=O)Cn1nnnc1Sc1ccc(Br)cc1. The van der Waals surface area contributed by atoms with Gasteiger partial charge in [0.1, 0.15) is 13.2 Å². The summed E-state index contributed by atoms with van der Waals surface area (Å²) in [7, 11) is 0. The Hall–Kier alpha value is -2.72. The van der Waals surface area contributed by atoms with Gasteiger partial charge in [0, 0.05) is 9.37 Å². The van der Waals surface area contributed by atoms with Crippen LogP contribution in [0.4, 0.5) is 4.79 Å². The lowest BCUT2D eigenvalue weighted by atomic mass is 10.1. The summed E-state index contributed by atoms with van der Waals surface area (Å²) in [5, 5.41) is 14.7. The molecule has 0 spiro atoms. The number of amides is 1. The number of ketones is 1. The highest BCUT2D eigenvalue weighted by molar-refractivity contribution is 9.10. The smallest absolute Gasteiger partial charge is 0.408 e. The molecule has 0 fully saturated rings. The Morgan fingerprint density at radius 2 is 1.90 bits per heavy atom. The van der Waals surface area contributed by atoms with Gasteiger partial charge in [-0.1, -0.05) is 53.2 Å². The molecule has 0 aliphatic heterocycles. The van der Waals surface area contributed by atoms with Crippen LogP contribution >= 0.6 is 27.7 Å². The molecule has 1 atom stereocenters. The Bertz CT molecular complexity index is 982. The van der Waals surface area contributed by atoms with Crippen LogP contribution in [0.15, 0.2) is 69.1 Å². The maximum absolute atomic E-state index is 12.7. The van der Waals surface area contributed by atoms with Crippen LogP contribution in [-0.2, 0) is 22.7 Å². The average Bonchev–Trinajstić information content (AvgIpc) is 3.19. The van der Waals surface area contributed by atoms with Crippen molar-refractivity contribution >= 4 is 39.6 Å². The predicted molar refractivity (Wildman–Crippen MR) is 115 cm³/mol. The summed E-state index contributed by atoms with van der Waals surface area (Å²) in [5.74, 6) is -0.209. The Labute approximate surface area is 186 Å². The van der Waals surface area contributed by atoms with Crippen molar-refractivity contribution < 1.29 is 14.3 Å². The molecule has 10 heteroatoms. The van der Waals surface area contributed by atoms with Gasteiger partial charge in [-0.15, -0.1) is 5.10 Å². The topological polar surface area (TPSA) is 99.0 Å². The number of aromatic nitrogens is 4. The standard InChI is InChI=1S/C20H20BrN5O3S/c1-2-17(22-20(28)29-13-14-6-4-3-5-7-14)18(27)12-26-19(23-24-25-26)30-16-10-8-15(21)9-11-16/h3-11,17H,2,12-13H2,1H3,(H,22,28). The van der Waals surface area contributed by atoms with Gasteiger partial charge in [0.15, 0.2) is 5.78 Å². The second-order valence-corrected chi connectivity index (χ2v) is 8.26. The number of carbonyl (C=O) groups excluding carboxylic acids is 2. The number of ether oxygens (including phenoxy) is 1. The van der Waals surface area contributed by atoms with Gasteiger partial charge in [-0.2, -0.15) is 0 Å². The number of hydrogen-bond donors (Lipinski definition) is 1. The van der Waals surface area contributed by atoms with Gasteiger partial charge in [-0.05, 0) is 58.4 Å². The molecule has 0 saturated heterocycles. The second kappa shape index (κ2) is 10.9. The Kier molecular flexibility index (Phi) is 7.97. The van der Waals surface area contributed by atoms with Crippen LogP contribution in [0.3, 0.4) is 0 Å². The molecule has 0 radical (unpaired) electrons. The summed E-state index contributed by atoms with van der Waals surface area (Å²) in [6.45, 7) is 1.90. The summed E-state index contributed by atoms with van der Waals surface area (Å²) in [6.07, 6.45) is -0.212. The number of alkyl carbamates (subject to hydrolysis) is 1. The molecule has 0 aliphatic rings. The first-order valence-corrected chi connectivity index (χ1v) is 10.9. The van der Waals surface area contributed by atoms with Crippen molar-refractivity contribution in [2.45, 2.75) is 42.6 Å². The third-order valence-corrected chi connectivity index (χ3v) is 5.64. The van der Waals surface area contributed by atoms with E-state index >= 15 is 0 Å². The highest BCUT2D eigenvalue weighted by Gasteiger charge is 2.22. The lowest BCUT2D eigenvalue weighted by molar-refractivity contribution is -0.122. The maximum Gasteiger partial charge on any atom is 0.408 e. The van der Waals surface area contributed by atoms with E-state index in [9.17, 15) is 9.59 Å². The van der Waals surface area contributed by atoms with E-state index in [1.165, 1.54) is 16.4 Å². The Morgan fingerprint density at radius 1 is 1.17 bits per heavy atom. The molecule has 1 aromatic heterocycles. The summed E-state index contributed by atoms with van der Waals surface area (Å²) >= 11 is 4.75. The number of rotatable bonds is 9. The van der Waals surface area contributed by atoms with Gasteiger partial charge in [0.05, 0.1) is 6.04 Å². The summed E-state index contributed by atoms with van der Waals surface area (Å²) in [4.78, 5) is 25.7. The second-order valence-electron chi connectivity index (χ2n) is 6.31. The normalized spacial score (nSPS) is 11.7. The van der Waals surface area contributed by atoms with Crippen molar-refractivity contribution in [3.8, 4) is 0 Å². The first-order valence-electron chi connectivity index (χ1n) is 9.24. The van der Waals surface area contributed by atoms with Crippen molar-refractivity contribution in [1.82, 2.24) is 25.5 Å². The minimum atomic E-state index is -0.692. The fourth-order valence-electron chi connectivity index (χ4n) is 2.55. The summed E-state index contributed by atoms with van der Waals surface area (Å²) in [6, 6.07) is 16.3. The first kappa shape index (κ1) is 22.0. The van der Waals surface area contributed by atoms with Gasteiger partial charge in [-0.3, -0.25) is 4.79 Å². The number of tetrazole rings is 1. The Morgan fingerprint density at radius 3 is 2.60 bits per heavy atom. The molecule has 0 aliphatic carbocycles. The maximum atomic E-state index is 12.7. The van der Waals surface area contributed by atoms with Crippen LogP contribution < -0.4 is 5.32 Å². The van der Waals surface area contributed by atoms with E-state index in [4.69, 9.17) is 4.74 Å². The summed E-state index contributed by atoms with van der Waals surface area (Å²) < 4.78 is 7.60. The van der Waals surface area contributed by atoms with Crippen molar-refractivity contribution in [1.29, 1.82) is 0 Å². The van der Waals surface area contributed by atoms with E-state index < -0.39 is 12.1 Å². The van der Waals surface area contributed by atoms with Gasteiger partial charge >= 0.3 is 6.09 Å². The van der Waals surface area contributed by atoms with Crippen LogP contribution in [0.1, 0.15) is 18.9 Å². The van der Waals surface area contributed by atoms with Gasteiger partial charge in [0.2, 0.25) is 5.16 Å². The van der Waals surface area contributed by atoms with Crippen LogP contribution in [0, 0.1) is 0 Å². The van der Waals surface area contributed by atoms with Crippen LogP contribution in [0.5, 0.6) is 0 Å². The lowest BCUT2D eigenvalue weighted by Crippen LogP contribution is -2.42. The highest BCUT2D eigenvalue weighted by Crippen LogP contribution is 2.26. The molecule has 8 nitrogen and oxygen atoms in total. The summed E-state index contributed by atoms with van der Waals surface area (Å²) in [5.41, 5.74) is 0.871. The minimum absolute atomic E-state index is 0.0522. The monoisotopic (exact) mass is 489 g/mol. The fourth-order valence-corrected chi connectivity index (χ4v) is 3.58. The molecule has 156 valence electrons. The lowest BCUT2D eigenvalue weighted by Gasteiger charge is -2.16. The van der Waals surface area contributed by atoms with E-state index in [-0.39, 0.29) is 18.9 Å². The number of Topliss-reactive ketones (excluding diaryl/α,β-unsaturated/α-hetero) is 1. The first-order chi connectivity index (χ1) is 14.5. The average molecular weight is 490 g/mol. The largest absolute Gasteiger partial charge is 0.445 e. The molecule has 1 heterocycles. The highest BCUT2D eigenvalue weighted by atomic mass is 79.9. The zero-order chi connectivity index (χ0) is 21.3. The number of halogens is 1. The number of nitrogens with zero attached hydrogens (tertiary/aromatic N) is 4. The zero-order valence-corrected chi connectivity index (χ0v) is 18.6. The van der Waals surface area contributed by atoms with Crippen molar-refractivity contribution in [3.63, 3.8) is 0 Å². The van der Waals surface area contributed by atoms with E-state index in [0.29, 0.717) is 11.6 Å². The molecular formula is C20H20BrN5O3S. The molecule has 30 heavy (non-hydrogen) atoms. The van der Waals surface area contributed by atoms with E-state index in [0.717, 1.165) is 14.9 Å². The molecule has 1 N–H and O–H groups in total. The van der Waals surface area contributed by atoms with Crippen molar-refractivity contribution in [2.75, 3.05) is 0 Å². The molecule has 1 unspecified atom stereocenters. The van der Waals surface area contributed by atoms with Crippen LogP contribution in [0.25, 0.3) is 0 Å². The van der Waals surface area contributed by atoms with Gasteiger partial charge in [0.25, 0.3) is 0 Å². The number of hydrogen-bond acceptors (Lipinski definition) is 7. The zero-order valence-electron chi connectivity index (χ0n) is 16.2. The predicted octanol–water partition coefficient (Wildman–Crippen LogP) is 3.86. The molecule has 0 bridgehead atoms. The van der Waals surface area contributed by atoms with E-state index in [1.54, 1.807) is 0 Å². The molecular weight excluding hydrogens is 470 g/mol.